The molecule has 2 nitrogen and oxygen atoms in total. The van der Waals surface area contributed by atoms with Crippen LogP contribution in [0.4, 0.5) is 0 Å². The Hall–Kier alpha value is -0.130. The Morgan fingerprint density at radius 2 is 2.14 bits per heavy atom. The van der Waals surface area contributed by atoms with Crippen molar-refractivity contribution >= 4 is 40.8 Å². The number of nitrogens with zero attached hydrogens (tertiary/aromatic N) is 1. The summed E-state index contributed by atoms with van der Waals surface area (Å²) in [4.78, 5) is 16.0. The third-order valence-electron chi connectivity index (χ3n) is 4.30. The molecule has 1 aromatic rings. The normalized spacial score (nSPS) is 24.2. The molecule has 1 aromatic heterocycles. The minimum atomic E-state index is 0.360. The summed E-state index contributed by atoms with van der Waals surface area (Å²) in [5.74, 6) is 2.13. The summed E-state index contributed by atoms with van der Waals surface area (Å²) < 4.78 is 0. The second-order valence-electron chi connectivity index (χ2n) is 5.76. The first-order valence-corrected chi connectivity index (χ1v) is 10.8. The van der Waals surface area contributed by atoms with Gasteiger partial charge in [0.1, 0.15) is 0 Å². The molecule has 5 heteroatoms. The molecule has 0 aromatic carbocycles. The van der Waals surface area contributed by atoms with E-state index in [9.17, 15) is 4.79 Å². The molecule has 0 radical (unpaired) electrons. The molecule has 1 aliphatic carbocycles. The first-order valence-electron chi connectivity index (χ1n) is 7.87. The zero-order valence-electron chi connectivity index (χ0n) is 12.3. The van der Waals surface area contributed by atoms with Gasteiger partial charge in [0, 0.05) is 34.2 Å². The van der Waals surface area contributed by atoms with Crippen LogP contribution in [-0.2, 0) is 4.79 Å². The van der Waals surface area contributed by atoms with Crippen LogP contribution in [0.1, 0.15) is 42.2 Å². The van der Waals surface area contributed by atoms with Gasteiger partial charge in [-0.25, -0.2) is 0 Å². The molecule has 1 aliphatic heterocycles. The van der Waals surface area contributed by atoms with Gasteiger partial charge in [-0.2, -0.15) is 11.8 Å². The van der Waals surface area contributed by atoms with E-state index in [4.69, 9.17) is 0 Å². The molecule has 1 saturated heterocycles. The lowest BCUT2D eigenvalue weighted by molar-refractivity contribution is -0.128. The van der Waals surface area contributed by atoms with Gasteiger partial charge in [-0.3, -0.25) is 4.79 Å². The fraction of sp³-hybridized carbons (Fsp3) is 0.688. The molecule has 1 amide bonds. The van der Waals surface area contributed by atoms with Crippen molar-refractivity contribution in [1.29, 1.82) is 0 Å². The number of amides is 1. The molecule has 0 bridgehead atoms. The lowest BCUT2D eigenvalue weighted by Crippen LogP contribution is -2.34. The molecule has 3 rings (SSSR count). The molecule has 21 heavy (non-hydrogen) atoms. The largest absolute Gasteiger partial charge is 0.341 e. The zero-order chi connectivity index (χ0) is 14.5. The van der Waals surface area contributed by atoms with Crippen LogP contribution < -0.4 is 0 Å². The molecule has 0 N–H and O–H groups in total. The van der Waals surface area contributed by atoms with Crippen molar-refractivity contribution in [3.05, 3.63) is 22.4 Å². The Kier molecular flexibility index (Phi) is 5.95. The second kappa shape index (κ2) is 7.93. The maximum Gasteiger partial charge on any atom is 0.232 e. The first-order chi connectivity index (χ1) is 10.3. The highest BCUT2D eigenvalue weighted by Gasteiger charge is 2.24. The summed E-state index contributed by atoms with van der Waals surface area (Å²) in [5.41, 5.74) is 0. The van der Waals surface area contributed by atoms with Crippen molar-refractivity contribution in [2.75, 3.05) is 24.6 Å². The van der Waals surface area contributed by atoms with Gasteiger partial charge >= 0.3 is 0 Å². The number of thiophene rings is 1. The first kappa shape index (κ1) is 15.8. The van der Waals surface area contributed by atoms with Gasteiger partial charge in [0.2, 0.25) is 5.91 Å². The standard InChI is InChI=1S/C16H23NOS3/c18-16(12-21-13-4-1-2-5-13)17-8-7-15(20-11-9-17)14-6-3-10-19-14/h3,6,10,13,15H,1-2,4-5,7-9,11-12H2/t15-/m1/s1. The van der Waals surface area contributed by atoms with Crippen LogP contribution >= 0.6 is 34.9 Å². The molecule has 0 spiro atoms. The Morgan fingerprint density at radius 1 is 1.29 bits per heavy atom. The van der Waals surface area contributed by atoms with Gasteiger partial charge in [-0.15, -0.1) is 23.1 Å². The predicted octanol–water partition coefficient (Wildman–Crippen LogP) is 4.43. The monoisotopic (exact) mass is 341 g/mol. The lowest BCUT2D eigenvalue weighted by atomic mass is 10.2. The van der Waals surface area contributed by atoms with Crippen molar-refractivity contribution in [2.45, 2.75) is 42.6 Å². The quantitative estimate of drug-likeness (QED) is 0.808. The van der Waals surface area contributed by atoms with E-state index in [2.05, 4.69) is 22.4 Å². The highest BCUT2D eigenvalue weighted by molar-refractivity contribution is 8.00. The number of hydrogen-bond donors (Lipinski definition) is 0. The Balaban J connectivity index is 1.46. The van der Waals surface area contributed by atoms with Gasteiger partial charge in [0.05, 0.1) is 5.75 Å². The molecule has 0 unspecified atom stereocenters. The van der Waals surface area contributed by atoms with E-state index in [0.717, 1.165) is 30.5 Å². The Bertz CT molecular complexity index is 442. The zero-order valence-corrected chi connectivity index (χ0v) is 14.8. The molecular formula is C16H23NOS3. The van der Waals surface area contributed by atoms with Crippen LogP contribution in [0.25, 0.3) is 0 Å². The fourth-order valence-corrected chi connectivity index (χ4v) is 6.52. The topological polar surface area (TPSA) is 20.3 Å². The van der Waals surface area contributed by atoms with Crippen molar-refractivity contribution in [3.63, 3.8) is 0 Å². The minimum absolute atomic E-state index is 0.360. The van der Waals surface area contributed by atoms with Crippen LogP contribution in [0.15, 0.2) is 17.5 Å². The third kappa shape index (κ3) is 4.42. The van der Waals surface area contributed by atoms with Gasteiger partial charge in [0.25, 0.3) is 0 Å². The number of thioether (sulfide) groups is 2. The van der Waals surface area contributed by atoms with Crippen molar-refractivity contribution in [1.82, 2.24) is 4.90 Å². The Morgan fingerprint density at radius 3 is 2.90 bits per heavy atom. The van der Waals surface area contributed by atoms with Crippen LogP contribution in [0.5, 0.6) is 0 Å². The van der Waals surface area contributed by atoms with Gasteiger partial charge < -0.3 is 4.90 Å². The van der Waals surface area contributed by atoms with Crippen LogP contribution in [-0.4, -0.2) is 40.7 Å². The van der Waals surface area contributed by atoms with E-state index in [1.807, 2.05) is 34.9 Å². The van der Waals surface area contributed by atoms with Gasteiger partial charge in [0.15, 0.2) is 0 Å². The summed E-state index contributed by atoms with van der Waals surface area (Å²) in [7, 11) is 0. The molecule has 2 fully saturated rings. The second-order valence-corrected chi connectivity index (χ2v) is 9.34. The average molecular weight is 342 g/mol. The lowest BCUT2D eigenvalue weighted by Gasteiger charge is -2.21. The Labute approximate surface area is 140 Å². The highest BCUT2D eigenvalue weighted by atomic mass is 32.2. The smallest absolute Gasteiger partial charge is 0.232 e. The van der Waals surface area contributed by atoms with Gasteiger partial charge in [-0.1, -0.05) is 18.9 Å². The number of rotatable bonds is 4. The predicted molar refractivity (Wildman–Crippen MR) is 95.4 cm³/mol. The van der Waals surface area contributed by atoms with Crippen LogP contribution in [0.2, 0.25) is 0 Å². The molecule has 2 aliphatic rings. The maximum absolute atomic E-state index is 12.4. The molecule has 1 atom stereocenters. The van der Waals surface area contributed by atoms with E-state index in [0.29, 0.717) is 16.9 Å². The summed E-state index contributed by atoms with van der Waals surface area (Å²) in [6.07, 6.45) is 6.44. The SMILES string of the molecule is O=C(CSC1CCCC1)N1CCS[C@@H](c2cccs2)CC1. The van der Waals surface area contributed by atoms with Crippen molar-refractivity contribution in [3.8, 4) is 0 Å². The van der Waals surface area contributed by atoms with Crippen molar-refractivity contribution in [2.24, 2.45) is 0 Å². The molecule has 1 saturated carbocycles. The summed E-state index contributed by atoms with van der Waals surface area (Å²) in [6.45, 7) is 1.86. The number of carbonyl (C=O) groups excluding carboxylic acids is 1. The minimum Gasteiger partial charge on any atom is -0.341 e. The highest BCUT2D eigenvalue weighted by Crippen LogP contribution is 2.37. The van der Waals surface area contributed by atoms with Crippen LogP contribution in [0, 0.1) is 0 Å². The van der Waals surface area contributed by atoms with E-state index in [1.54, 1.807) is 0 Å². The van der Waals surface area contributed by atoms with Crippen molar-refractivity contribution < 1.29 is 4.79 Å². The molecule has 116 valence electrons. The van der Waals surface area contributed by atoms with E-state index >= 15 is 0 Å². The summed E-state index contributed by atoms with van der Waals surface area (Å²) >= 11 is 5.76. The van der Waals surface area contributed by atoms with E-state index < -0.39 is 0 Å². The van der Waals surface area contributed by atoms with Gasteiger partial charge in [-0.05, 0) is 30.7 Å². The molecular weight excluding hydrogens is 318 g/mol. The molecule has 2 heterocycles. The van der Waals surface area contributed by atoms with E-state index in [1.165, 1.54) is 30.6 Å². The maximum atomic E-state index is 12.4. The van der Waals surface area contributed by atoms with E-state index in [-0.39, 0.29) is 0 Å². The third-order valence-corrected chi connectivity index (χ3v) is 8.10. The average Bonchev–Trinajstić information content (AvgIpc) is 3.15. The number of hydrogen-bond acceptors (Lipinski definition) is 4. The van der Waals surface area contributed by atoms with Crippen LogP contribution in [0.3, 0.4) is 0 Å². The summed E-state index contributed by atoms with van der Waals surface area (Å²) in [5, 5.41) is 3.49. The fourth-order valence-electron chi connectivity index (χ4n) is 3.06. The number of carbonyl (C=O) groups is 1. The summed E-state index contributed by atoms with van der Waals surface area (Å²) in [6, 6.07) is 4.36.